The summed E-state index contributed by atoms with van der Waals surface area (Å²) in [5.41, 5.74) is 0. The Hall–Kier alpha value is -0.203. The van der Waals surface area contributed by atoms with Gasteiger partial charge in [0.1, 0.15) is 0 Å². The predicted octanol–water partition coefficient (Wildman–Crippen LogP) is 2.08. The Morgan fingerprint density at radius 1 is 1.00 bits per heavy atom. The van der Waals surface area contributed by atoms with Crippen LogP contribution in [0, 0.1) is 0 Å². The number of rotatable bonds is 11. The van der Waals surface area contributed by atoms with Gasteiger partial charge in [0.15, 0.2) is 0 Å². The van der Waals surface area contributed by atoms with E-state index in [1.54, 1.807) is 0 Å². The minimum Gasteiger partial charge on any atom is -0.373 e. The number of hydrogen-bond donors (Lipinski definition) is 0. The molecule has 4 nitrogen and oxygen atoms in total. The van der Waals surface area contributed by atoms with Gasteiger partial charge in [0.05, 0.1) is 6.17 Å². The van der Waals surface area contributed by atoms with Crippen molar-refractivity contribution in [2.45, 2.75) is 27.7 Å². The molecule has 0 aliphatic heterocycles. The van der Waals surface area contributed by atoms with Crippen molar-refractivity contribution in [2.24, 2.45) is 0 Å². The second-order valence-corrected chi connectivity index (χ2v) is 6.15. The highest BCUT2D eigenvalue weighted by Gasteiger charge is 2.41. The number of likely N-dealkylation sites (N-methyl/N-ethyl adjacent to an activating group) is 1. The number of nitrogens with zero attached hydrogens (tertiary/aromatic N) is 1. The lowest BCUT2D eigenvalue weighted by Crippen LogP contribution is -2.55. The van der Waals surface area contributed by atoms with Gasteiger partial charge in [0, 0.05) is 26.4 Å². The zero-order valence-corrected chi connectivity index (χ0v) is 12.7. The topological polar surface area (TPSA) is 30.9 Å². The Labute approximate surface area is 107 Å². The first kappa shape index (κ1) is 16.8. The van der Waals surface area contributed by atoms with E-state index < -0.39 is 8.80 Å². The molecule has 0 aliphatic carbocycles. The fourth-order valence-electron chi connectivity index (χ4n) is 1.68. The first-order valence-electron chi connectivity index (χ1n) is 6.43. The normalized spacial score (nSPS) is 12.1. The van der Waals surface area contributed by atoms with Gasteiger partial charge in [-0.2, -0.15) is 0 Å². The molecule has 0 fully saturated rings. The van der Waals surface area contributed by atoms with Crippen LogP contribution >= 0.6 is 0 Å². The Morgan fingerprint density at radius 3 is 1.76 bits per heavy atom. The molecule has 0 unspecified atom stereocenters. The summed E-state index contributed by atoms with van der Waals surface area (Å²) in [6, 6.07) is 0. The maximum atomic E-state index is 5.81. The van der Waals surface area contributed by atoms with Crippen LogP contribution in [0.5, 0.6) is 0 Å². The van der Waals surface area contributed by atoms with E-state index in [0.29, 0.717) is 19.8 Å². The van der Waals surface area contributed by atoms with E-state index >= 15 is 0 Å². The van der Waals surface area contributed by atoms with Crippen LogP contribution in [0.3, 0.4) is 0 Å². The molecule has 0 saturated carbocycles. The first-order valence-corrected chi connectivity index (χ1v) is 8.36. The Bertz CT molecular complexity index is 185. The maximum Gasteiger partial charge on any atom is 0.515 e. The molecule has 0 amide bonds. The summed E-state index contributed by atoms with van der Waals surface area (Å²) in [7, 11) is -2.54. The molecule has 0 spiro atoms. The van der Waals surface area contributed by atoms with Crippen molar-refractivity contribution in [3.05, 3.63) is 12.7 Å². The lowest BCUT2D eigenvalue weighted by molar-refractivity contribution is 0.0586. The second kappa shape index (κ2) is 9.79. The van der Waals surface area contributed by atoms with Crippen molar-refractivity contribution in [3.63, 3.8) is 0 Å². The van der Waals surface area contributed by atoms with E-state index in [2.05, 4.69) is 18.4 Å². The Morgan fingerprint density at radius 2 is 1.47 bits per heavy atom. The molecule has 0 N–H and O–H groups in total. The zero-order valence-electron chi connectivity index (χ0n) is 11.7. The maximum absolute atomic E-state index is 5.81. The molecule has 17 heavy (non-hydrogen) atoms. The molecule has 5 heteroatoms. The Balaban J connectivity index is 4.65. The van der Waals surface area contributed by atoms with Crippen molar-refractivity contribution in [1.82, 2.24) is 4.90 Å². The molecule has 0 aliphatic rings. The highest BCUT2D eigenvalue weighted by atomic mass is 28.4. The highest BCUT2D eigenvalue weighted by Crippen LogP contribution is 2.12. The van der Waals surface area contributed by atoms with Crippen LogP contribution in [0.15, 0.2) is 12.7 Å². The van der Waals surface area contributed by atoms with E-state index in [4.69, 9.17) is 13.3 Å². The third-order valence-corrected chi connectivity index (χ3v) is 5.36. The first-order chi connectivity index (χ1) is 8.17. The summed E-state index contributed by atoms with van der Waals surface area (Å²) in [5.74, 6) is 0. The van der Waals surface area contributed by atoms with Crippen LogP contribution in [0.2, 0.25) is 0 Å². The van der Waals surface area contributed by atoms with Crippen molar-refractivity contribution in [2.75, 3.05) is 39.1 Å². The molecule has 0 aromatic heterocycles. The van der Waals surface area contributed by atoms with E-state index in [0.717, 1.165) is 19.3 Å². The molecule has 0 aromatic rings. The summed E-state index contributed by atoms with van der Waals surface area (Å²) in [6.45, 7) is 15.5. The van der Waals surface area contributed by atoms with Crippen LogP contribution in [-0.4, -0.2) is 52.8 Å². The van der Waals surface area contributed by atoms with Crippen LogP contribution in [0.25, 0.3) is 0 Å². The summed E-state index contributed by atoms with van der Waals surface area (Å²) in [6.07, 6.45) is 2.62. The molecule has 0 radical (unpaired) electrons. The van der Waals surface area contributed by atoms with Gasteiger partial charge in [-0.3, -0.25) is 4.90 Å². The van der Waals surface area contributed by atoms with Gasteiger partial charge in [-0.05, 0) is 27.3 Å². The fraction of sp³-hybridized carbons (Fsp3) is 0.833. The van der Waals surface area contributed by atoms with Gasteiger partial charge in [-0.25, -0.2) is 0 Å². The smallest absolute Gasteiger partial charge is 0.373 e. The fourth-order valence-corrected chi connectivity index (χ4v) is 4.43. The quantitative estimate of drug-likeness (QED) is 0.421. The molecule has 0 rings (SSSR count). The van der Waals surface area contributed by atoms with Crippen LogP contribution in [0.4, 0.5) is 0 Å². The lowest BCUT2D eigenvalue weighted by Gasteiger charge is -2.32. The molecule has 0 saturated heterocycles. The van der Waals surface area contributed by atoms with Crippen LogP contribution in [-0.2, 0) is 13.3 Å². The van der Waals surface area contributed by atoms with Crippen LogP contribution < -0.4 is 0 Å². The van der Waals surface area contributed by atoms with Crippen LogP contribution in [0.1, 0.15) is 27.7 Å². The van der Waals surface area contributed by atoms with Gasteiger partial charge in [-0.15, -0.1) is 6.58 Å². The monoisotopic (exact) mass is 261 g/mol. The van der Waals surface area contributed by atoms with Gasteiger partial charge in [-0.1, -0.05) is 13.0 Å². The van der Waals surface area contributed by atoms with E-state index in [9.17, 15) is 0 Å². The van der Waals surface area contributed by atoms with Gasteiger partial charge in [0.2, 0.25) is 0 Å². The third-order valence-electron chi connectivity index (χ3n) is 2.34. The average Bonchev–Trinajstić information content (AvgIpc) is 2.29. The van der Waals surface area contributed by atoms with Crippen molar-refractivity contribution in [3.8, 4) is 0 Å². The molecular formula is C12H27NO3Si. The summed E-state index contributed by atoms with van der Waals surface area (Å²) >= 11 is 0. The van der Waals surface area contributed by atoms with Crippen molar-refractivity contribution < 1.29 is 13.3 Å². The van der Waals surface area contributed by atoms with Crippen molar-refractivity contribution in [1.29, 1.82) is 0 Å². The molecule has 0 bridgehead atoms. The zero-order chi connectivity index (χ0) is 13.1. The lowest BCUT2D eigenvalue weighted by atomic mass is 10.5. The summed E-state index contributed by atoms with van der Waals surface area (Å²) in [5, 5.41) is 0. The standard InChI is InChI=1S/C12H27NO3Si/c1-6-11-13(7-2)12-17(14-8-3,15-9-4)16-10-5/h6H,1,7-12H2,2-5H3. The van der Waals surface area contributed by atoms with Gasteiger partial charge in [0.25, 0.3) is 0 Å². The SMILES string of the molecule is C=CCN(CC)C[Si](OCC)(OCC)OCC. The molecule has 102 valence electrons. The molecule has 0 atom stereocenters. The largest absolute Gasteiger partial charge is 0.515 e. The predicted molar refractivity (Wildman–Crippen MR) is 72.9 cm³/mol. The average molecular weight is 261 g/mol. The van der Waals surface area contributed by atoms with E-state index in [1.165, 1.54) is 0 Å². The van der Waals surface area contributed by atoms with E-state index in [-0.39, 0.29) is 0 Å². The minimum absolute atomic E-state index is 0.623. The van der Waals surface area contributed by atoms with Gasteiger partial charge >= 0.3 is 8.80 Å². The second-order valence-electron chi connectivity index (χ2n) is 3.60. The minimum atomic E-state index is -2.54. The number of hydrogen-bond acceptors (Lipinski definition) is 4. The summed E-state index contributed by atoms with van der Waals surface area (Å²) in [4.78, 5) is 2.24. The molecule has 0 aromatic carbocycles. The third kappa shape index (κ3) is 6.33. The molecule has 0 heterocycles. The molecular weight excluding hydrogens is 234 g/mol. The van der Waals surface area contributed by atoms with Gasteiger partial charge < -0.3 is 13.3 Å². The Kier molecular flexibility index (Phi) is 9.67. The highest BCUT2D eigenvalue weighted by molar-refractivity contribution is 6.60. The summed E-state index contributed by atoms with van der Waals surface area (Å²) < 4.78 is 17.4. The van der Waals surface area contributed by atoms with Crippen molar-refractivity contribution >= 4 is 8.80 Å². The van der Waals surface area contributed by atoms with E-state index in [1.807, 2.05) is 26.8 Å².